The van der Waals surface area contributed by atoms with Crippen molar-refractivity contribution in [3.63, 3.8) is 0 Å². The van der Waals surface area contributed by atoms with Crippen LogP contribution < -0.4 is 5.32 Å². The summed E-state index contributed by atoms with van der Waals surface area (Å²) in [4.78, 5) is 10.9. The first-order valence-electron chi connectivity index (χ1n) is 6.51. The van der Waals surface area contributed by atoms with Crippen LogP contribution in [0.15, 0.2) is 18.2 Å². The number of ether oxygens (including phenoxy) is 1. The minimum atomic E-state index is -4.71. The normalized spacial score (nSPS) is 17.1. The quantitative estimate of drug-likeness (QED) is 0.875. The number of methoxy groups -OCH3 is 1. The van der Waals surface area contributed by atoms with Crippen molar-refractivity contribution in [1.29, 1.82) is 0 Å². The Morgan fingerprint density at radius 1 is 1.43 bits per heavy atom. The molecule has 4 nitrogen and oxygen atoms in total. The van der Waals surface area contributed by atoms with E-state index in [9.17, 15) is 18.0 Å². The lowest BCUT2D eigenvalue weighted by molar-refractivity contribution is -0.138. The minimum absolute atomic E-state index is 0.232. The van der Waals surface area contributed by atoms with Gasteiger partial charge in [0.25, 0.3) is 0 Å². The fourth-order valence-electron chi connectivity index (χ4n) is 2.36. The highest BCUT2D eigenvalue weighted by molar-refractivity contribution is 5.90. The Kier molecular flexibility index (Phi) is 4.13. The first-order valence-corrected chi connectivity index (χ1v) is 6.51. The smallest absolute Gasteiger partial charge is 0.417 e. The number of carboxylic acid groups (broad SMARTS) is 1. The third-order valence-electron chi connectivity index (χ3n) is 3.87. The number of alkyl halides is 3. The fourth-order valence-corrected chi connectivity index (χ4v) is 2.36. The lowest BCUT2D eigenvalue weighted by atomic mass is 9.80. The number of rotatable bonds is 5. The average Bonchev–Trinajstić information content (AvgIpc) is 2.36. The summed E-state index contributed by atoms with van der Waals surface area (Å²) in [5, 5.41) is 11.7. The van der Waals surface area contributed by atoms with Gasteiger partial charge in [-0.25, -0.2) is 4.79 Å². The molecular weight excluding hydrogens is 287 g/mol. The van der Waals surface area contributed by atoms with Gasteiger partial charge in [-0.15, -0.1) is 0 Å². The minimum Gasteiger partial charge on any atom is -0.478 e. The number of halogens is 3. The van der Waals surface area contributed by atoms with E-state index in [-0.39, 0.29) is 11.3 Å². The first-order chi connectivity index (χ1) is 9.77. The zero-order chi connectivity index (χ0) is 15.7. The van der Waals surface area contributed by atoms with Gasteiger partial charge in [0.15, 0.2) is 0 Å². The summed E-state index contributed by atoms with van der Waals surface area (Å²) in [5.74, 6) is -1.60. The summed E-state index contributed by atoms with van der Waals surface area (Å²) < 4.78 is 44.0. The molecular formula is C14H16F3NO3. The van der Waals surface area contributed by atoms with E-state index in [4.69, 9.17) is 9.84 Å². The molecule has 1 aromatic rings. The monoisotopic (exact) mass is 303 g/mol. The maximum atomic E-state index is 12.9. The van der Waals surface area contributed by atoms with E-state index in [0.29, 0.717) is 6.54 Å². The van der Waals surface area contributed by atoms with E-state index in [2.05, 4.69) is 5.32 Å². The van der Waals surface area contributed by atoms with E-state index in [1.54, 1.807) is 7.11 Å². The molecule has 1 aliphatic carbocycles. The van der Waals surface area contributed by atoms with Crippen LogP contribution in [0.3, 0.4) is 0 Å². The summed E-state index contributed by atoms with van der Waals surface area (Å²) >= 11 is 0. The number of aromatic carboxylic acids is 1. The van der Waals surface area contributed by atoms with Crippen molar-refractivity contribution in [2.75, 3.05) is 19.0 Å². The zero-order valence-electron chi connectivity index (χ0n) is 11.5. The van der Waals surface area contributed by atoms with Crippen LogP contribution in [0, 0.1) is 0 Å². The Morgan fingerprint density at radius 2 is 2.10 bits per heavy atom. The van der Waals surface area contributed by atoms with Crippen LogP contribution in [0.2, 0.25) is 0 Å². The molecule has 1 aliphatic rings. The van der Waals surface area contributed by atoms with Crippen molar-refractivity contribution in [3.05, 3.63) is 29.3 Å². The summed E-state index contributed by atoms with van der Waals surface area (Å²) in [6.07, 6.45) is -1.96. The molecule has 21 heavy (non-hydrogen) atoms. The van der Waals surface area contributed by atoms with Gasteiger partial charge in [0, 0.05) is 19.3 Å². The van der Waals surface area contributed by atoms with E-state index in [0.717, 1.165) is 31.4 Å². The number of hydrogen-bond acceptors (Lipinski definition) is 3. The maximum absolute atomic E-state index is 12.9. The Balaban J connectivity index is 2.20. The van der Waals surface area contributed by atoms with Crippen molar-refractivity contribution in [2.45, 2.75) is 31.0 Å². The number of carbonyl (C=O) groups is 1. The summed E-state index contributed by atoms with van der Waals surface area (Å²) in [5.41, 5.74) is -2.00. The van der Waals surface area contributed by atoms with Gasteiger partial charge in [0.05, 0.1) is 16.7 Å². The predicted octanol–water partition coefficient (Wildman–Crippen LogP) is 3.38. The van der Waals surface area contributed by atoms with Gasteiger partial charge in [0.1, 0.15) is 0 Å². The van der Waals surface area contributed by atoms with Crippen molar-refractivity contribution in [3.8, 4) is 0 Å². The van der Waals surface area contributed by atoms with Gasteiger partial charge in [-0.1, -0.05) is 0 Å². The van der Waals surface area contributed by atoms with Crippen LogP contribution in [0.1, 0.15) is 35.2 Å². The molecule has 0 unspecified atom stereocenters. The Morgan fingerprint density at radius 3 is 2.52 bits per heavy atom. The lowest BCUT2D eigenvalue weighted by Crippen LogP contribution is -2.45. The summed E-state index contributed by atoms with van der Waals surface area (Å²) in [6.45, 7) is 0.396. The number of carboxylic acids is 1. The molecule has 0 aliphatic heterocycles. The van der Waals surface area contributed by atoms with E-state index >= 15 is 0 Å². The third kappa shape index (κ3) is 3.29. The zero-order valence-corrected chi connectivity index (χ0v) is 11.5. The molecule has 7 heteroatoms. The lowest BCUT2D eigenvalue weighted by Gasteiger charge is -2.40. The highest BCUT2D eigenvalue weighted by Gasteiger charge is 2.38. The fraction of sp³-hybridized carbons (Fsp3) is 0.500. The average molecular weight is 303 g/mol. The van der Waals surface area contributed by atoms with Gasteiger partial charge >= 0.3 is 12.1 Å². The highest BCUT2D eigenvalue weighted by Crippen LogP contribution is 2.36. The van der Waals surface area contributed by atoms with E-state index < -0.39 is 23.3 Å². The van der Waals surface area contributed by atoms with Crippen LogP contribution in [-0.4, -0.2) is 30.3 Å². The number of nitrogens with one attached hydrogen (secondary N) is 1. The highest BCUT2D eigenvalue weighted by atomic mass is 19.4. The van der Waals surface area contributed by atoms with Gasteiger partial charge in [-0.05, 0) is 37.5 Å². The number of hydrogen-bond donors (Lipinski definition) is 2. The molecule has 0 spiro atoms. The van der Waals surface area contributed by atoms with Gasteiger partial charge in [0.2, 0.25) is 0 Å². The molecule has 0 saturated heterocycles. The number of anilines is 1. The summed E-state index contributed by atoms with van der Waals surface area (Å²) in [6, 6.07) is 3.12. The molecule has 0 radical (unpaired) electrons. The summed E-state index contributed by atoms with van der Waals surface area (Å²) in [7, 11) is 1.58. The molecule has 1 saturated carbocycles. The van der Waals surface area contributed by atoms with E-state index in [1.165, 1.54) is 6.07 Å². The van der Waals surface area contributed by atoms with Crippen LogP contribution >= 0.6 is 0 Å². The van der Waals surface area contributed by atoms with Gasteiger partial charge in [-0.3, -0.25) is 0 Å². The predicted molar refractivity (Wildman–Crippen MR) is 70.5 cm³/mol. The van der Waals surface area contributed by atoms with Crippen LogP contribution in [0.25, 0.3) is 0 Å². The molecule has 1 fully saturated rings. The second kappa shape index (κ2) is 5.55. The molecule has 0 aromatic heterocycles. The molecule has 0 atom stereocenters. The third-order valence-corrected chi connectivity index (χ3v) is 3.87. The molecule has 0 heterocycles. The molecule has 0 amide bonds. The molecule has 2 N–H and O–H groups in total. The number of benzene rings is 1. The SMILES string of the molecule is COC1(CNc2ccc(C(=O)O)c(C(F)(F)F)c2)CCC1. The molecule has 1 aromatic carbocycles. The van der Waals surface area contributed by atoms with Crippen LogP contribution in [0.5, 0.6) is 0 Å². The molecule has 0 bridgehead atoms. The van der Waals surface area contributed by atoms with Gasteiger partial charge in [-0.2, -0.15) is 13.2 Å². The van der Waals surface area contributed by atoms with Crippen LogP contribution in [-0.2, 0) is 10.9 Å². The maximum Gasteiger partial charge on any atom is 0.417 e. The largest absolute Gasteiger partial charge is 0.478 e. The van der Waals surface area contributed by atoms with Gasteiger partial charge < -0.3 is 15.2 Å². The van der Waals surface area contributed by atoms with Crippen LogP contribution in [0.4, 0.5) is 18.9 Å². The second-order valence-corrected chi connectivity index (χ2v) is 5.16. The van der Waals surface area contributed by atoms with Crippen molar-refractivity contribution in [2.24, 2.45) is 0 Å². The second-order valence-electron chi connectivity index (χ2n) is 5.16. The Hall–Kier alpha value is -1.76. The van der Waals surface area contributed by atoms with Crippen molar-refractivity contribution >= 4 is 11.7 Å². The molecule has 2 rings (SSSR count). The topological polar surface area (TPSA) is 58.6 Å². The van der Waals surface area contributed by atoms with Crippen molar-refractivity contribution < 1.29 is 27.8 Å². The molecule has 116 valence electrons. The van der Waals surface area contributed by atoms with Crippen molar-refractivity contribution in [1.82, 2.24) is 0 Å². The standard InChI is InChI=1S/C14H16F3NO3/c1-21-13(5-2-6-13)8-18-9-3-4-10(12(19)20)11(7-9)14(15,16)17/h3-4,7,18H,2,5-6,8H2,1H3,(H,19,20). The first kappa shape index (κ1) is 15.6. The Labute approximate surface area is 119 Å². The Bertz CT molecular complexity index is 533. The van der Waals surface area contributed by atoms with E-state index in [1.807, 2.05) is 0 Å².